The second kappa shape index (κ2) is 24.5. The van der Waals surface area contributed by atoms with Crippen molar-refractivity contribution in [3.63, 3.8) is 0 Å². The molecule has 0 radical (unpaired) electrons. The first kappa shape index (κ1) is 55.2. The maximum Gasteiger partial charge on any atom is 0.430 e. The molecule has 2 aliphatic rings. The average molecular weight is 1040 g/mol. The van der Waals surface area contributed by atoms with Crippen LogP contribution in [0.25, 0.3) is 46.3 Å². The molecule has 0 saturated carbocycles. The van der Waals surface area contributed by atoms with Gasteiger partial charge in [0.05, 0.1) is 13.1 Å². The third kappa shape index (κ3) is 15.9. The number of nitrogens with zero attached hydrogens (tertiary/aromatic N) is 13. The molecule has 2 fully saturated rings. The van der Waals surface area contributed by atoms with Gasteiger partial charge in [-0.25, -0.2) is 29.3 Å². The number of hydrogen-bond donors (Lipinski definition) is 1. The zero-order valence-electron chi connectivity index (χ0n) is 41.1. The molecule has 8 aromatic rings. The summed E-state index contributed by atoms with van der Waals surface area (Å²) in [7, 11) is 0. The van der Waals surface area contributed by atoms with E-state index < -0.39 is 12.1 Å². The number of pyridine rings is 2. The van der Waals surface area contributed by atoms with E-state index in [-0.39, 0.29) is 18.3 Å². The molecule has 0 aliphatic carbocycles. The van der Waals surface area contributed by atoms with Gasteiger partial charge in [0.15, 0.2) is 0 Å². The minimum atomic E-state index is -5.19. The van der Waals surface area contributed by atoms with Gasteiger partial charge in [0.25, 0.3) is 11.8 Å². The SMILES string of the molecule is CC1(C)CCNCC1.Cc1nc(-c2nnc(-c3ccccc3)o2)nn1Cc1ccnc(Cl)c1.Cc1nc(-c2nnc(-c3ccccc3)o2)nn1Cc1ccnc(N2CCC(C)(C)CC2)c1.O=C([O-])C(F)(F)F.[Cl-]. The molecule has 0 amide bonds. The monoisotopic (exact) mass is 1040 g/mol. The van der Waals surface area contributed by atoms with Crippen LogP contribution in [0.5, 0.6) is 0 Å². The first-order valence-electron chi connectivity index (χ1n) is 23.2. The lowest BCUT2D eigenvalue weighted by Gasteiger charge is -2.37. The number of aryl methyl sites for hydroxylation is 2. The summed E-state index contributed by atoms with van der Waals surface area (Å²) in [4.78, 5) is 28.7. The number of rotatable bonds is 9. The lowest BCUT2D eigenvalue weighted by atomic mass is 9.83. The van der Waals surface area contributed by atoms with Crippen molar-refractivity contribution in [2.24, 2.45) is 10.8 Å². The molecule has 386 valence electrons. The van der Waals surface area contributed by atoms with Gasteiger partial charge >= 0.3 is 6.18 Å². The number of piperidine rings is 2. The van der Waals surface area contributed by atoms with Crippen LogP contribution in [-0.4, -0.2) is 98.2 Å². The first-order valence-corrected chi connectivity index (χ1v) is 23.6. The minimum absolute atomic E-state index is 0. The molecule has 0 bridgehead atoms. The Kier molecular flexibility index (Phi) is 18.6. The molecule has 8 heterocycles. The molecule has 0 atom stereocenters. The standard InChI is InChI=1S/C24H27N7O.C17H13ClN6O.C7H15N.C2HF3O2.ClH/c1-17-26-21(23-28-27-22(32-23)19-7-5-4-6-8-19)29-31(17)16-18-9-12-25-20(15-18)30-13-10-24(2,3)11-14-30;1-11-20-15(23-24(11)10-12-7-8-19-14(18)9-12)17-22-21-16(25-17)13-5-3-2-4-6-13;1-7(2)3-5-8-6-4-7;3-2(4,5)1(6)7;/h4-9,12,15H,10-11,13-14,16H2,1-3H3;2-9H,10H2,1H3;8H,3-6H2,1-2H3;(H,6,7);1H/p-2. The second-order valence-electron chi connectivity index (χ2n) is 18.7. The lowest BCUT2D eigenvalue weighted by molar-refractivity contribution is -0.344. The minimum Gasteiger partial charge on any atom is -1.00 e. The molecular formula is C50H55Cl2F3N14O4-2. The number of alkyl halides is 3. The van der Waals surface area contributed by atoms with Crippen molar-refractivity contribution in [3.8, 4) is 46.3 Å². The van der Waals surface area contributed by atoms with Crippen LogP contribution >= 0.6 is 11.6 Å². The van der Waals surface area contributed by atoms with Gasteiger partial charge < -0.3 is 41.4 Å². The second-order valence-corrected chi connectivity index (χ2v) is 19.1. The molecule has 0 spiro atoms. The number of anilines is 1. The lowest BCUT2D eigenvalue weighted by Crippen LogP contribution is -3.00. The summed E-state index contributed by atoms with van der Waals surface area (Å²) in [5, 5.41) is 38.0. The molecular weight excluding hydrogens is 989 g/mol. The van der Waals surface area contributed by atoms with Crippen LogP contribution in [0.2, 0.25) is 5.15 Å². The van der Waals surface area contributed by atoms with E-state index in [1.165, 1.54) is 38.8 Å². The number of carbonyl (C=O) groups excluding carboxylic acids is 1. The Morgan fingerprint density at radius 2 is 1.10 bits per heavy atom. The van der Waals surface area contributed by atoms with Crippen molar-refractivity contribution >= 4 is 23.4 Å². The molecule has 18 nitrogen and oxygen atoms in total. The summed E-state index contributed by atoms with van der Waals surface area (Å²) in [6.45, 7) is 18.8. The quantitative estimate of drug-likeness (QED) is 0.177. The number of carbonyl (C=O) groups is 1. The normalized spacial score (nSPS) is 14.8. The summed E-state index contributed by atoms with van der Waals surface area (Å²) < 4.78 is 46.7. The number of hydrogen-bond acceptors (Lipinski definition) is 16. The van der Waals surface area contributed by atoms with Gasteiger partial charge in [-0.15, -0.1) is 30.6 Å². The number of halogens is 5. The molecule has 2 aromatic carbocycles. The van der Waals surface area contributed by atoms with Gasteiger partial charge in [-0.3, -0.25) is 0 Å². The fourth-order valence-electron chi connectivity index (χ4n) is 7.41. The van der Waals surface area contributed by atoms with Crippen LogP contribution in [0.4, 0.5) is 19.0 Å². The van der Waals surface area contributed by atoms with Crippen molar-refractivity contribution in [2.45, 2.75) is 86.5 Å². The number of carboxylic acids is 1. The summed E-state index contributed by atoms with van der Waals surface area (Å²) in [5.41, 5.74) is 4.87. The van der Waals surface area contributed by atoms with Crippen molar-refractivity contribution in [2.75, 3.05) is 31.1 Å². The van der Waals surface area contributed by atoms with Crippen LogP contribution < -0.4 is 27.7 Å². The Morgan fingerprint density at radius 3 is 1.52 bits per heavy atom. The van der Waals surface area contributed by atoms with Gasteiger partial charge in [0.1, 0.15) is 28.6 Å². The molecule has 2 saturated heterocycles. The van der Waals surface area contributed by atoms with Gasteiger partial charge in [-0.05, 0) is 123 Å². The van der Waals surface area contributed by atoms with Crippen LogP contribution in [0.3, 0.4) is 0 Å². The van der Waals surface area contributed by atoms with Gasteiger partial charge in [-0.1, -0.05) is 75.7 Å². The molecule has 23 heteroatoms. The largest absolute Gasteiger partial charge is 1.00 e. The maximum absolute atomic E-state index is 10.5. The molecule has 6 aromatic heterocycles. The highest BCUT2D eigenvalue weighted by molar-refractivity contribution is 6.29. The highest BCUT2D eigenvalue weighted by Crippen LogP contribution is 2.32. The maximum atomic E-state index is 10.5. The van der Waals surface area contributed by atoms with E-state index in [1.54, 1.807) is 16.9 Å². The van der Waals surface area contributed by atoms with Gasteiger partial charge in [0, 0.05) is 36.6 Å². The van der Waals surface area contributed by atoms with Gasteiger partial charge in [-0.2, -0.15) is 13.2 Å². The first-order chi connectivity index (χ1) is 34.3. The summed E-state index contributed by atoms with van der Waals surface area (Å²) in [6, 6.07) is 27.1. The molecule has 2 aliphatic heterocycles. The van der Waals surface area contributed by atoms with E-state index in [9.17, 15) is 13.2 Å². The summed E-state index contributed by atoms with van der Waals surface area (Å²) in [6.07, 6.45) is 3.38. The van der Waals surface area contributed by atoms with E-state index in [4.69, 9.17) is 30.3 Å². The third-order valence-corrected chi connectivity index (χ3v) is 12.1. The molecule has 0 unspecified atom stereocenters. The van der Waals surface area contributed by atoms with Crippen LogP contribution in [0.1, 0.15) is 76.2 Å². The number of carboxylic acid groups (broad SMARTS) is 1. The van der Waals surface area contributed by atoms with Crippen molar-refractivity contribution < 1.29 is 44.3 Å². The number of nitrogens with one attached hydrogen (secondary N) is 1. The highest BCUT2D eigenvalue weighted by Gasteiger charge is 2.29. The fourth-order valence-corrected chi connectivity index (χ4v) is 7.60. The zero-order valence-corrected chi connectivity index (χ0v) is 42.7. The predicted octanol–water partition coefficient (Wildman–Crippen LogP) is 5.47. The van der Waals surface area contributed by atoms with Crippen LogP contribution in [-0.2, 0) is 17.9 Å². The number of benzene rings is 2. The Hall–Kier alpha value is -7.10. The Morgan fingerprint density at radius 1 is 0.671 bits per heavy atom. The topological polar surface area (TPSA) is 220 Å². The Bertz CT molecular complexity index is 3000. The van der Waals surface area contributed by atoms with Crippen molar-refractivity contribution in [1.29, 1.82) is 0 Å². The zero-order chi connectivity index (χ0) is 51.5. The number of aliphatic carboxylic acids is 1. The van der Waals surface area contributed by atoms with Crippen molar-refractivity contribution in [1.82, 2.24) is 65.2 Å². The van der Waals surface area contributed by atoms with Crippen molar-refractivity contribution in [3.05, 3.63) is 125 Å². The fraction of sp³-hybridized carbons (Fsp3) is 0.380. The summed E-state index contributed by atoms with van der Waals surface area (Å²) >= 11 is 5.92. The Balaban J connectivity index is 0.000000187. The highest BCUT2D eigenvalue weighted by atomic mass is 35.5. The van der Waals surface area contributed by atoms with E-state index in [0.717, 1.165) is 52.8 Å². The molecule has 73 heavy (non-hydrogen) atoms. The van der Waals surface area contributed by atoms with E-state index >= 15 is 0 Å². The smallest absolute Gasteiger partial charge is 0.430 e. The molecule has 1 N–H and O–H groups in total. The Labute approximate surface area is 431 Å². The average Bonchev–Trinajstić information content (AvgIpc) is 4.18. The van der Waals surface area contributed by atoms with E-state index in [0.29, 0.717) is 58.4 Å². The van der Waals surface area contributed by atoms with E-state index in [2.05, 4.69) is 94.5 Å². The molecule has 10 rings (SSSR count). The van der Waals surface area contributed by atoms with Crippen LogP contribution in [0, 0.1) is 24.7 Å². The summed E-state index contributed by atoms with van der Waals surface area (Å²) in [5.74, 6) is 1.87. The predicted molar refractivity (Wildman–Crippen MR) is 261 cm³/mol. The van der Waals surface area contributed by atoms with Gasteiger partial charge in [0.2, 0.25) is 23.4 Å². The van der Waals surface area contributed by atoms with E-state index in [1.807, 2.05) is 97.5 Å². The number of aromatic nitrogens is 12. The third-order valence-electron chi connectivity index (χ3n) is 11.9. The van der Waals surface area contributed by atoms with Crippen LogP contribution in [0.15, 0.2) is 106 Å².